The molecule has 0 saturated heterocycles. The highest BCUT2D eigenvalue weighted by atomic mass is 35.5. The van der Waals surface area contributed by atoms with Crippen LogP contribution < -0.4 is 10.1 Å². The van der Waals surface area contributed by atoms with Crippen LogP contribution in [0.15, 0.2) is 47.0 Å². The lowest BCUT2D eigenvalue weighted by Crippen LogP contribution is -2.15. The number of ether oxygens (including phenoxy) is 1. The number of benzene rings is 1. The second kappa shape index (κ2) is 7.02. The molecule has 3 aromatic rings. The highest BCUT2D eigenvalue weighted by Crippen LogP contribution is 2.29. The molecule has 6 nitrogen and oxygen atoms in total. The van der Waals surface area contributed by atoms with Crippen molar-refractivity contribution >= 4 is 23.1 Å². The minimum Gasteiger partial charge on any atom is -0.421 e. The van der Waals surface area contributed by atoms with Crippen molar-refractivity contribution in [1.29, 1.82) is 0 Å². The lowest BCUT2D eigenvalue weighted by atomic mass is 10.2. The number of nitrogens with zero attached hydrogens (tertiary/aromatic N) is 3. The Balaban J connectivity index is 1.81. The van der Waals surface area contributed by atoms with E-state index < -0.39 is 5.57 Å². The van der Waals surface area contributed by atoms with Gasteiger partial charge in [-0.15, -0.1) is 19.0 Å². The maximum absolute atomic E-state index is 12.6. The summed E-state index contributed by atoms with van der Waals surface area (Å²) in [4.78, 5) is 4.26. The highest BCUT2D eigenvalue weighted by Gasteiger charge is 2.27. The Labute approximate surface area is 146 Å². The van der Waals surface area contributed by atoms with Crippen LogP contribution in [0.3, 0.4) is 0 Å². The first-order valence-corrected chi connectivity index (χ1v) is 7.73. The van der Waals surface area contributed by atoms with E-state index in [1.54, 1.807) is 30.5 Å². The van der Waals surface area contributed by atoms with Crippen LogP contribution in [0.4, 0.5) is 20.3 Å². The van der Waals surface area contributed by atoms with Gasteiger partial charge in [-0.3, -0.25) is 0 Å². The monoisotopic (exact) mass is 366 g/mol. The Morgan fingerprint density at radius 1 is 1.20 bits per heavy atom. The molecule has 0 aliphatic heterocycles. The van der Waals surface area contributed by atoms with Crippen LogP contribution in [0, 0.1) is 0 Å². The summed E-state index contributed by atoms with van der Waals surface area (Å²) in [6, 6.07) is 9.37. The molecular formula is C16H13ClF2N4O2. The number of anilines is 2. The molecule has 0 aliphatic carbocycles. The molecule has 0 bridgehead atoms. The number of halogens is 3. The second-order valence-corrected chi connectivity index (χ2v) is 5.39. The van der Waals surface area contributed by atoms with E-state index in [1.165, 1.54) is 12.1 Å². The van der Waals surface area contributed by atoms with Crippen molar-refractivity contribution in [3.63, 3.8) is 0 Å². The molecular weight excluding hydrogens is 354 g/mol. The van der Waals surface area contributed by atoms with Crippen molar-refractivity contribution in [3.05, 3.63) is 48.5 Å². The van der Waals surface area contributed by atoms with E-state index in [0.29, 0.717) is 35.3 Å². The largest absolute Gasteiger partial charge is 0.487 e. The van der Waals surface area contributed by atoms with Gasteiger partial charge in [-0.25, -0.2) is 4.98 Å². The maximum atomic E-state index is 12.6. The van der Waals surface area contributed by atoms with Crippen LogP contribution in [-0.4, -0.2) is 20.7 Å². The molecule has 0 fully saturated rings. The van der Waals surface area contributed by atoms with Crippen molar-refractivity contribution in [2.24, 2.45) is 0 Å². The molecule has 0 atom stereocenters. The first-order valence-electron chi connectivity index (χ1n) is 7.35. The van der Waals surface area contributed by atoms with Crippen molar-refractivity contribution < 1.29 is 17.9 Å². The SMILES string of the molecule is CCc1nnc(-c2cccnc2Nc2ccc(OC(F)(F)Cl)cc2)o1. The summed E-state index contributed by atoms with van der Waals surface area (Å²) in [6.45, 7) is 1.91. The number of pyridine rings is 1. The molecule has 2 aromatic heterocycles. The fourth-order valence-electron chi connectivity index (χ4n) is 2.06. The van der Waals surface area contributed by atoms with Gasteiger partial charge in [0.25, 0.3) is 5.89 Å². The Bertz CT molecular complexity index is 850. The molecule has 0 saturated carbocycles. The minimum atomic E-state index is -3.75. The predicted octanol–water partition coefficient (Wildman–Crippen LogP) is 4.61. The quantitative estimate of drug-likeness (QED) is 0.642. The first-order chi connectivity index (χ1) is 11.9. The van der Waals surface area contributed by atoms with Gasteiger partial charge >= 0.3 is 5.57 Å². The van der Waals surface area contributed by atoms with E-state index in [1.807, 2.05) is 6.92 Å². The predicted molar refractivity (Wildman–Crippen MR) is 88.1 cm³/mol. The smallest absolute Gasteiger partial charge is 0.421 e. The lowest BCUT2D eigenvalue weighted by molar-refractivity contribution is -0.0964. The number of aryl methyl sites for hydroxylation is 1. The van der Waals surface area contributed by atoms with Crippen LogP contribution in [0.1, 0.15) is 12.8 Å². The molecule has 130 valence electrons. The summed E-state index contributed by atoms with van der Waals surface area (Å²) >= 11 is 4.74. The Morgan fingerprint density at radius 3 is 2.60 bits per heavy atom. The summed E-state index contributed by atoms with van der Waals surface area (Å²) in [5, 5.41) is 11.0. The summed E-state index contributed by atoms with van der Waals surface area (Å²) in [5.41, 5.74) is -2.51. The van der Waals surface area contributed by atoms with E-state index >= 15 is 0 Å². The van der Waals surface area contributed by atoms with E-state index in [-0.39, 0.29) is 5.75 Å². The highest BCUT2D eigenvalue weighted by molar-refractivity contribution is 6.20. The number of hydrogen-bond donors (Lipinski definition) is 1. The number of alkyl halides is 3. The molecule has 2 heterocycles. The van der Waals surface area contributed by atoms with E-state index in [4.69, 9.17) is 16.0 Å². The van der Waals surface area contributed by atoms with Gasteiger partial charge in [-0.05, 0) is 36.4 Å². The van der Waals surface area contributed by atoms with Crippen molar-refractivity contribution in [2.45, 2.75) is 18.9 Å². The van der Waals surface area contributed by atoms with Crippen LogP contribution in [0.25, 0.3) is 11.5 Å². The summed E-state index contributed by atoms with van der Waals surface area (Å²) < 4.78 is 35.1. The standard InChI is InChI=1S/C16H13ClF2N4O2/c1-2-13-22-23-15(24-13)12-4-3-9-20-14(12)21-10-5-7-11(8-6-10)25-16(17,18)19/h3-9H,2H2,1H3,(H,20,21). The van der Waals surface area contributed by atoms with Gasteiger partial charge in [0.15, 0.2) is 0 Å². The zero-order valence-electron chi connectivity index (χ0n) is 13.0. The number of nitrogens with one attached hydrogen (secondary N) is 1. The molecule has 9 heteroatoms. The van der Waals surface area contributed by atoms with Gasteiger partial charge in [0.1, 0.15) is 11.6 Å². The maximum Gasteiger partial charge on any atom is 0.487 e. The topological polar surface area (TPSA) is 73.1 Å². The van der Waals surface area contributed by atoms with Gasteiger partial charge in [-0.1, -0.05) is 6.92 Å². The van der Waals surface area contributed by atoms with E-state index in [2.05, 4.69) is 25.2 Å². The number of aromatic nitrogens is 3. The van der Waals surface area contributed by atoms with Crippen LogP contribution >= 0.6 is 11.6 Å². The van der Waals surface area contributed by atoms with Gasteiger partial charge in [0.05, 0.1) is 5.56 Å². The Kier molecular flexibility index (Phi) is 4.80. The van der Waals surface area contributed by atoms with Crippen molar-refractivity contribution in [1.82, 2.24) is 15.2 Å². The van der Waals surface area contributed by atoms with Crippen LogP contribution in [0.5, 0.6) is 5.75 Å². The van der Waals surface area contributed by atoms with Crippen molar-refractivity contribution in [2.75, 3.05) is 5.32 Å². The van der Waals surface area contributed by atoms with Gasteiger partial charge < -0.3 is 14.5 Å². The summed E-state index contributed by atoms with van der Waals surface area (Å²) in [5.74, 6) is 1.30. The zero-order chi connectivity index (χ0) is 17.9. The molecule has 0 unspecified atom stereocenters. The Morgan fingerprint density at radius 2 is 1.96 bits per heavy atom. The van der Waals surface area contributed by atoms with Crippen molar-refractivity contribution in [3.8, 4) is 17.2 Å². The minimum absolute atomic E-state index is 0.0590. The molecule has 1 N–H and O–H groups in total. The summed E-state index contributed by atoms with van der Waals surface area (Å²) in [7, 11) is 0. The van der Waals surface area contributed by atoms with Gasteiger partial charge in [0, 0.05) is 29.9 Å². The normalized spacial score (nSPS) is 11.4. The molecule has 1 aromatic carbocycles. The third-order valence-corrected chi connectivity index (χ3v) is 3.24. The third kappa shape index (κ3) is 4.42. The van der Waals surface area contributed by atoms with E-state index in [9.17, 15) is 8.78 Å². The van der Waals surface area contributed by atoms with Gasteiger partial charge in [0.2, 0.25) is 5.89 Å². The summed E-state index contributed by atoms with van der Waals surface area (Å²) in [6.07, 6.45) is 2.23. The zero-order valence-corrected chi connectivity index (χ0v) is 13.8. The lowest BCUT2D eigenvalue weighted by Gasteiger charge is -2.12. The fraction of sp³-hybridized carbons (Fsp3) is 0.188. The third-order valence-electron chi connectivity index (χ3n) is 3.16. The number of rotatable bonds is 6. The molecule has 25 heavy (non-hydrogen) atoms. The average Bonchev–Trinajstić information content (AvgIpc) is 3.05. The molecule has 3 rings (SSSR count). The molecule has 0 amide bonds. The Hall–Kier alpha value is -2.74. The van der Waals surface area contributed by atoms with Crippen LogP contribution in [0.2, 0.25) is 0 Å². The number of hydrogen-bond acceptors (Lipinski definition) is 6. The van der Waals surface area contributed by atoms with E-state index in [0.717, 1.165) is 0 Å². The van der Waals surface area contributed by atoms with Gasteiger partial charge in [-0.2, -0.15) is 0 Å². The fourth-order valence-corrected chi connectivity index (χ4v) is 2.15. The molecule has 0 aliphatic rings. The molecule has 0 radical (unpaired) electrons. The second-order valence-electron chi connectivity index (χ2n) is 4.95. The molecule has 0 spiro atoms. The first kappa shape index (κ1) is 17.1. The van der Waals surface area contributed by atoms with Crippen LogP contribution in [-0.2, 0) is 6.42 Å². The average molecular weight is 367 g/mol.